The summed E-state index contributed by atoms with van der Waals surface area (Å²) in [5.74, 6) is 1.71. The van der Waals surface area contributed by atoms with Crippen LogP contribution in [-0.4, -0.2) is 14.2 Å². The first kappa shape index (κ1) is 13.9. The number of methoxy groups -OCH3 is 2. The molecule has 21 heavy (non-hydrogen) atoms. The number of fused-ring (bicyclic) bond motifs is 1. The third-order valence-corrected chi connectivity index (χ3v) is 4.57. The topological polar surface area (TPSA) is 44.5 Å². The Morgan fingerprint density at radius 2 is 1.71 bits per heavy atom. The molecule has 0 spiro atoms. The van der Waals surface area contributed by atoms with Crippen LogP contribution in [0, 0.1) is 0 Å². The van der Waals surface area contributed by atoms with E-state index >= 15 is 0 Å². The van der Waals surface area contributed by atoms with Crippen molar-refractivity contribution >= 4 is 22.1 Å². The number of benzene rings is 2. The number of hydrogen-bond acceptors (Lipinski definition) is 4. The van der Waals surface area contributed by atoms with Crippen LogP contribution >= 0.6 is 11.3 Å². The standard InChI is InChI=1S/C17H17NO2S/c1-19-14-6-5-11-9-13(4-3-12(11)10-14)16(18)17-15(20-2)7-8-21-17/h3-10,16H,18H2,1-2H3. The molecule has 2 N–H and O–H groups in total. The minimum absolute atomic E-state index is 0.175. The summed E-state index contributed by atoms with van der Waals surface area (Å²) >= 11 is 1.62. The van der Waals surface area contributed by atoms with E-state index < -0.39 is 0 Å². The minimum atomic E-state index is -0.175. The number of thiophene rings is 1. The van der Waals surface area contributed by atoms with Crippen molar-refractivity contribution in [2.24, 2.45) is 5.73 Å². The van der Waals surface area contributed by atoms with Crippen LogP contribution in [0.15, 0.2) is 47.8 Å². The fourth-order valence-corrected chi connectivity index (χ4v) is 3.31. The summed E-state index contributed by atoms with van der Waals surface area (Å²) in [6, 6.07) is 14.1. The predicted molar refractivity (Wildman–Crippen MR) is 87.4 cm³/mol. The van der Waals surface area contributed by atoms with E-state index in [2.05, 4.69) is 24.3 Å². The van der Waals surface area contributed by atoms with Gasteiger partial charge in [-0.1, -0.05) is 18.2 Å². The number of hydrogen-bond donors (Lipinski definition) is 1. The molecule has 1 aromatic heterocycles. The summed E-state index contributed by atoms with van der Waals surface area (Å²) in [6.07, 6.45) is 0. The van der Waals surface area contributed by atoms with Crippen molar-refractivity contribution in [2.45, 2.75) is 6.04 Å². The molecule has 3 aromatic rings. The highest BCUT2D eigenvalue weighted by atomic mass is 32.1. The Hall–Kier alpha value is -2.04. The maximum atomic E-state index is 6.39. The molecule has 0 saturated heterocycles. The molecule has 108 valence electrons. The summed E-state index contributed by atoms with van der Waals surface area (Å²) in [7, 11) is 3.35. The smallest absolute Gasteiger partial charge is 0.134 e. The molecule has 0 saturated carbocycles. The van der Waals surface area contributed by atoms with Gasteiger partial charge in [0.05, 0.1) is 25.1 Å². The summed E-state index contributed by atoms with van der Waals surface area (Å²) in [4.78, 5) is 1.05. The highest BCUT2D eigenvalue weighted by Gasteiger charge is 2.15. The van der Waals surface area contributed by atoms with Crippen LogP contribution in [0.1, 0.15) is 16.5 Å². The van der Waals surface area contributed by atoms with Crippen molar-refractivity contribution in [3.8, 4) is 11.5 Å². The third kappa shape index (κ3) is 2.60. The molecule has 1 unspecified atom stereocenters. The van der Waals surface area contributed by atoms with Gasteiger partial charge in [-0.3, -0.25) is 0 Å². The molecular formula is C17H17NO2S. The van der Waals surface area contributed by atoms with Crippen LogP contribution in [0.3, 0.4) is 0 Å². The zero-order chi connectivity index (χ0) is 14.8. The molecule has 0 aliphatic heterocycles. The Kier molecular flexibility index (Phi) is 3.82. The summed E-state index contributed by atoms with van der Waals surface area (Å²) in [5.41, 5.74) is 7.47. The normalized spacial score (nSPS) is 12.3. The lowest BCUT2D eigenvalue weighted by atomic mass is 10.0. The Morgan fingerprint density at radius 3 is 2.48 bits per heavy atom. The zero-order valence-electron chi connectivity index (χ0n) is 12.0. The van der Waals surface area contributed by atoms with Crippen LogP contribution in [0.25, 0.3) is 10.8 Å². The largest absolute Gasteiger partial charge is 0.497 e. The van der Waals surface area contributed by atoms with E-state index in [9.17, 15) is 0 Å². The molecule has 0 bridgehead atoms. The number of ether oxygens (including phenoxy) is 2. The Balaban J connectivity index is 2.01. The quantitative estimate of drug-likeness (QED) is 0.793. The molecule has 2 aromatic carbocycles. The maximum Gasteiger partial charge on any atom is 0.134 e. The molecule has 1 heterocycles. The molecule has 4 heteroatoms. The third-order valence-electron chi connectivity index (χ3n) is 3.59. The van der Waals surface area contributed by atoms with E-state index in [0.29, 0.717) is 0 Å². The van der Waals surface area contributed by atoms with Crippen LogP contribution in [0.5, 0.6) is 11.5 Å². The van der Waals surface area contributed by atoms with E-state index in [0.717, 1.165) is 32.7 Å². The van der Waals surface area contributed by atoms with Gasteiger partial charge in [0.25, 0.3) is 0 Å². The molecule has 0 aliphatic rings. The van der Waals surface area contributed by atoms with E-state index in [-0.39, 0.29) is 6.04 Å². The van der Waals surface area contributed by atoms with E-state index in [1.165, 1.54) is 0 Å². The average molecular weight is 299 g/mol. The van der Waals surface area contributed by atoms with Crippen LogP contribution in [0.4, 0.5) is 0 Å². The summed E-state index contributed by atoms with van der Waals surface area (Å²) < 4.78 is 10.6. The van der Waals surface area contributed by atoms with Gasteiger partial charge < -0.3 is 15.2 Å². The fourth-order valence-electron chi connectivity index (χ4n) is 2.42. The van der Waals surface area contributed by atoms with Gasteiger partial charge in [0.1, 0.15) is 11.5 Å². The van der Waals surface area contributed by atoms with Crippen molar-refractivity contribution in [3.63, 3.8) is 0 Å². The van der Waals surface area contributed by atoms with E-state index in [1.807, 2.05) is 23.6 Å². The van der Waals surface area contributed by atoms with E-state index in [1.54, 1.807) is 25.6 Å². The Morgan fingerprint density at radius 1 is 0.952 bits per heavy atom. The van der Waals surface area contributed by atoms with Crippen molar-refractivity contribution in [2.75, 3.05) is 14.2 Å². The predicted octanol–water partition coefficient (Wildman–Crippen LogP) is 3.97. The molecule has 3 rings (SSSR count). The summed E-state index contributed by atoms with van der Waals surface area (Å²) in [5, 5.41) is 4.29. The second kappa shape index (κ2) is 5.76. The molecule has 0 radical (unpaired) electrons. The maximum absolute atomic E-state index is 6.39. The lowest BCUT2D eigenvalue weighted by molar-refractivity contribution is 0.411. The van der Waals surface area contributed by atoms with Crippen LogP contribution in [-0.2, 0) is 0 Å². The lowest BCUT2D eigenvalue weighted by Crippen LogP contribution is -2.11. The van der Waals surface area contributed by atoms with Gasteiger partial charge >= 0.3 is 0 Å². The Labute approximate surface area is 127 Å². The van der Waals surface area contributed by atoms with Gasteiger partial charge in [0.2, 0.25) is 0 Å². The first-order valence-electron chi connectivity index (χ1n) is 6.67. The molecule has 3 nitrogen and oxygen atoms in total. The fraction of sp³-hybridized carbons (Fsp3) is 0.176. The van der Waals surface area contributed by atoms with Gasteiger partial charge in [-0.2, -0.15) is 0 Å². The van der Waals surface area contributed by atoms with Crippen LogP contribution < -0.4 is 15.2 Å². The first-order chi connectivity index (χ1) is 10.2. The average Bonchev–Trinajstić information content (AvgIpc) is 3.01. The molecule has 1 atom stereocenters. The van der Waals surface area contributed by atoms with Gasteiger partial charge in [-0.25, -0.2) is 0 Å². The highest BCUT2D eigenvalue weighted by Crippen LogP contribution is 2.34. The molecule has 0 amide bonds. The first-order valence-corrected chi connectivity index (χ1v) is 7.55. The van der Waals surface area contributed by atoms with Crippen molar-refractivity contribution in [1.29, 1.82) is 0 Å². The summed E-state index contributed by atoms with van der Waals surface area (Å²) in [6.45, 7) is 0. The minimum Gasteiger partial charge on any atom is -0.497 e. The monoisotopic (exact) mass is 299 g/mol. The SMILES string of the molecule is COc1ccc2cc(C(N)c3sccc3OC)ccc2c1. The zero-order valence-corrected chi connectivity index (χ0v) is 12.8. The van der Waals surface area contributed by atoms with E-state index in [4.69, 9.17) is 15.2 Å². The molecular weight excluding hydrogens is 282 g/mol. The lowest BCUT2D eigenvalue weighted by Gasteiger charge is -2.13. The van der Waals surface area contributed by atoms with Crippen molar-refractivity contribution in [3.05, 3.63) is 58.3 Å². The second-order valence-corrected chi connectivity index (χ2v) is 5.75. The number of rotatable bonds is 4. The second-order valence-electron chi connectivity index (χ2n) is 4.80. The van der Waals surface area contributed by atoms with Crippen molar-refractivity contribution in [1.82, 2.24) is 0 Å². The van der Waals surface area contributed by atoms with Gasteiger partial charge in [0, 0.05) is 0 Å². The van der Waals surface area contributed by atoms with Crippen LogP contribution in [0.2, 0.25) is 0 Å². The number of nitrogens with two attached hydrogens (primary N) is 1. The highest BCUT2D eigenvalue weighted by molar-refractivity contribution is 7.10. The van der Waals surface area contributed by atoms with Gasteiger partial charge in [-0.15, -0.1) is 11.3 Å². The van der Waals surface area contributed by atoms with Crippen molar-refractivity contribution < 1.29 is 9.47 Å². The molecule has 0 aliphatic carbocycles. The van der Waals surface area contributed by atoms with Gasteiger partial charge in [0.15, 0.2) is 0 Å². The molecule has 0 fully saturated rings. The van der Waals surface area contributed by atoms with Gasteiger partial charge in [-0.05, 0) is 46.0 Å². The Bertz CT molecular complexity index is 766.